The summed E-state index contributed by atoms with van der Waals surface area (Å²) in [4.78, 5) is 3.28. The third-order valence-electron chi connectivity index (χ3n) is 4.49. The van der Waals surface area contributed by atoms with Crippen molar-refractivity contribution in [3.05, 3.63) is 28.8 Å². The highest BCUT2D eigenvalue weighted by Crippen LogP contribution is 2.41. The number of rotatable bonds is 3. The lowest BCUT2D eigenvalue weighted by Gasteiger charge is -2.37. The van der Waals surface area contributed by atoms with Gasteiger partial charge in [0.2, 0.25) is 0 Å². The van der Waals surface area contributed by atoms with Gasteiger partial charge in [-0.25, -0.2) is 8.51 Å². The normalized spacial score (nSPS) is 24.6. The summed E-state index contributed by atoms with van der Waals surface area (Å²) >= 11 is 6.22. The molecule has 1 aromatic rings. The molecule has 0 bridgehead atoms. The molecule has 3 rings (SSSR count). The second kappa shape index (κ2) is 5.41. The molecule has 2 aliphatic rings. The van der Waals surface area contributed by atoms with Crippen LogP contribution in [0.3, 0.4) is 0 Å². The molecule has 5 heteroatoms. The lowest BCUT2D eigenvalue weighted by molar-refractivity contribution is 0.134. The minimum absolute atomic E-state index is 0.426. The van der Waals surface area contributed by atoms with Crippen molar-refractivity contribution in [2.45, 2.75) is 37.1 Å². The van der Waals surface area contributed by atoms with Crippen molar-refractivity contribution in [3.63, 3.8) is 0 Å². The van der Waals surface area contributed by atoms with Crippen molar-refractivity contribution in [2.75, 3.05) is 26.2 Å². The summed E-state index contributed by atoms with van der Waals surface area (Å²) in [6.45, 7) is 8.04. The number of piperazine rings is 1. The van der Waals surface area contributed by atoms with E-state index >= 15 is 0 Å². The highest BCUT2D eigenvalue weighted by Gasteiger charge is 2.44. The molecule has 1 aliphatic carbocycles. The largest absolute Gasteiger partial charge is 0.295 e. The summed E-state index contributed by atoms with van der Waals surface area (Å²) in [5, 5.41) is 0.611. The number of nitrogens with zero attached hydrogens (tertiary/aromatic N) is 2. The highest BCUT2D eigenvalue weighted by atomic mass is 35.5. The van der Waals surface area contributed by atoms with Crippen LogP contribution in [0.15, 0.2) is 23.1 Å². The molecule has 2 fully saturated rings. The topological polar surface area (TPSA) is 23.6 Å². The van der Waals surface area contributed by atoms with Crippen LogP contribution in [0.1, 0.15) is 25.3 Å². The van der Waals surface area contributed by atoms with E-state index in [1.165, 1.54) is 12.8 Å². The van der Waals surface area contributed by atoms with E-state index in [1.54, 1.807) is 0 Å². The molecule has 1 aliphatic heterocycles. The Bertz CT molecular complexity index is 537. The molecule has 1 atom stereocenters. The minimum atomic E-state index is -1.14. The fourth-order valence-corrected chi connectivity index (χ4v) is 4.39. The Morgan fingerprint density at radius 1 is 1.20 bits per heavy atom. The molecule has 0 spiro atoms. The monoisotopic (exact) mass is 312 g/mol. The Labute approximate surface area is 128 Å². The first-order valence-corrected chi connectivity index (χ1v) is 8.66. The van der Waals surface area contributed by atoms with Crippen molar-refractivity contribution in [1.82, 2.24) is 9.21 Å². The van der Waals surface area contributed by atoms with Crippen LogP contribution < -0.4 is 0 Å². The summed E-state index contributed by atoms with van der Waals surface area (Å²) in [7, 11) is -1.14. The second-order valence-corrected chi connectivity index (χ2v) is 7.96. The van der Waals surface area contributed by atoms with Crippen LogP contribution in [-0.2, 0) is 11.0 Å². The van der Waals surface area contributed by atoms with Crippen molar-refractivity contribution in [3.8, 4) is 0 Å². The lowest BCUT2D eigenvalue weighted by atomic mass is 10.2. The average molecular weight is 313 g/mol. The molecular formula is C15H21ClN2OS. The van der Waals surface area contributed by atoms with Gasteiger partial charge in [-0.2, -0.15) is 0 Å². The fraction of sp³-hybridized carbons (Fsp3) is 0.600. The molecule has 1 saturated carbocycles. The average Bonchev–Trinajstić information content (AvgIpc) is 3.18. The van der Waals surface area contributed by atoms with Crippen LogP contribution in [0.5, 0.6) is 0 Å². The summed E-state index contributed by atoms with van der Waals surface area (Å²) in [6.07, 6.45) is 2.61. The molecular weight excluding hydrogens is 292 g/mol. The number of aryl methyl sites for hydroxylation is 1. The summed E-state index contributed by atoms with van der Waals surface area (Å²) in [6, 6.07) is 5.75. The van der Waals surface area contributed by atoms with Gasteiger partial charge in [0, 0.05) is 31.7 Å². The lowest BCUT2D eigenvalue weighted by Crippen LogP contribution is -2.50. The van der Waals surface area contributed by atoms with Crippen LogP contribution in [0.4, 0.5) is 0 Å². The number of benzene rings is 1. The van der Waals surface area contributed by atoms with Gasteiger partial charge >= 0.3 is 0 Å². The van der Waals surface area contributed by atoms with Gasteiger partial charge in [-0.1, -0.05) is 17.7 Å². The van der Waals surface area contributed by atoms with Gasteiger partial charge < -0.3 is 0 Å². The van der Waals surface area contributed by atoms with Crippen LogP contribution in [0.25, 0.3) is 0 Å². The van der Waals surface area contributed by atoms with E-state index in [9.17, 15) is 4.21 Å². The predicted octanol–water partition coefficient (Wildman–Crippen LogP) is 2.84. The first-order valence-electron chi connectivity index (χ1n) is 7.18. The third-order valence-corrected chi connectivity index (χ3v) is 6.48. The molecule has 0 N–H and O–H groups in total. The summed E-state index contributed by atoms with van der Waals surface area (Å²) in [5.41, 5.74) is 1.52. The van der Waals surface area contributed by atoms with Crippen molar-refractivity contribution < 1.29 is 4.21 Å². The molecule has 0 radical (unpaired) electrons. The van der Waals surface area contributed by atoms with Crippen molar-refractivity contribution in [1.29, 1.82) is 0 Å². The zero-order valence-electron chi connectivity index (χ0n) is 12.1. The van der Waals surface area contributed by atoms with Crippen LogP contribution >= 0.6 is 11.6 Å². The van der Waals surface area contributed by atoms with Gasteiger partial charge in [0.15, 0.2) is 0 Å². The molecule has 0 amide bonds. The van der Waals surface area contributed by atoms with Gasteiger partial charge in [0.1, 0.15) is 11.0 Å². The van der Waals surface area contributed by atoms with Crippen LogP contribution in [0, 0.1) is 6.92 Å². The molecule has 1 heterocycles. The first-order chi connectivity index (χ1) is 9.49. The quantitative estimate of drug-likeness (QED) is 0.857. The maximum absolute atomic E-state index is 12.6. The van der Waals surface area contributed by atoms with E-state index < -0.39 is 11.0 Å². The Kier molecular flexibility index (Phi) is 3.93. The minimum Gasteiger partial charge on any atom is -0.295 e. The Morgan fingerprint density at radius 3 is 2.40 bits per heavy atom. The van der Waals surface area contributed by atoms with Crippen LogP contribution in [0.2, 0.25) is 5.02 Å². The van der Waals surface area contributed by atoms with Crippen molar-refractivity contribution >= 4 is 22.6 Å². The summed E-state index contributed by atoms with van der Waals surface area (Å²) < 4.78 is 14.7. The van der Waals surface area contributed by atoms with E-state index in [-0.39, 0.29) is 0 Å². The molecule has 0 aromatic heterocycles. The summed E-state index contributed by atoms with van der Waals surface area (Å²) in [5.74, 6) is 0. The van der Waals surface area contributed by atoms with E-state index in [0.29, 0.717) is 10.6 Å². The molecule has 110 valence electrons. The first kappa shape index (κ1) is 14.5. The molecule has 1 aromatic carbocycles. The third kappa shape index (κ3) is 2.80. The SMILES string of the molecule is Cc1ccc(S(=O)N2CCN(C3(C)CC3)CC2)c(Cl)c1. The number of hydrogen-bond donors (Lipinski definition) is 0. The predicted molar refractivity (Wildman–Crippen MR) is 83.4 cm³/mol. The van der Waals surface area contributed by atoms with Gasteiger partial charge in [-0.05, 0) is 44.4 Å². The standard InChI is InChI=1S/C15H21ClN2OS/c1-12-3-4-14(13(16)11-12)20(19)18-9-7-17(8-10-18)15(2)5-6-15/h3-4,11H,5-10H2,1-2H3. The number of hydrogen-bond acceptors (Lipinski definition) is 2. The van der Waals surface area contributed by atoms with Crippen LogP contribution in [-0.4, -0.2) is 45.1 Å². The van der Waals surface area contributed by atoms with Gasteiger partial charge in [0.05, 0.1) is 9.92 Å². The highest BCUT2D eigenvalue weighted by molar-refractivity contribution is 7.82. The smallest absolute Gasteiger partial charge is 0.129 e. The second-order valence-electron chi connectivity index (χ2n) is 6.10. The molecule has 1 unspecified atom stereocenters. The Hall–Kier alpha value is -0.420. The van der Waals surface area contributed by atoms with E-state index in [1.807, 2.05) is 29.4 Å². The Balaban J connectivity index is 1.67. The molecule has 20 heavy (non-hydrogen) atoms. The zero-order valence-corrected chi connectivity index (χ0v) is 13.6. The Morgan fingerprint density at radius 2 is 1.85 bits per heavy atom. The molecule has 3 nitrogen and oxygen atoms in total. The number of halogens is 1. The van der Waals surface area contributed by atoms with E-state index in [2.05, 4.69) is 11.8 Å². The fourth-order valence-electron chi connectivity index (χ4n) is 2.78. The van der Waals surface area contributed by atoms with Gasteiger partial charge in [-0.15, -0.1) is 0 Å². The van der Waals surface area contributed by atoms with E-state index in [0.717, 1.165) is 36.6 Å². The van der Waals surface area contributed by atoms with Gasteiger partial charge in [-0.3, -0.25) is 4.90 Å². The molecule has 1 saturated heterocycles. The zero-order chi connectivity index (χ0) is 14.3. The van der Waals surface area contributed by atoms with Gasteiger partial charge in [0.25, 0.3) is 0 Å². The maximum Gasteiger partial charge on any atom is 0.129 e. The maximum atomic E-state index is 12.6. The van der Waals surface area contributed by atoms with E-state index in [4.69, 9.17) is 11.6 Å². The van der Waals surface area contributed by atoms with Crippen molar-refractivity contribution in [2.24, 2.45) is 0 Å².